The SMILES string of the molecule is CN(O)c1cccc(C(=O)Nc2c(I)cc(C(F)(C(F)(F)F)C(F)(F)F)cc2I)c1F. The first-order valence-corrected chi connectivity index (χ1v) is 10.0. The Morgan fingerprint density at radius 1 is 1.00 bits per heavy atom. The number of hydrogen-bond donors (Lipinski definition) is 2. The lowest BCUT2D eigenvalue weighted by Crippen LogP contribution is -2.50. The van der Waals surface area contributed by atoms with Gasteiger partial charge in [-0.2, -0.15) is 26.3 Å². The third kappa shape index (κ3) is 4.84. The molecule has 0 unspecified atom stereocenters. The molecule has 4 nitrogen and oxygen atoms in total. The second kappa shape index (κ2) is 8.84. The summed E-state index contributed by atoms with van der Waals surface area (Å²) in [5.41, 5.74) is -8.50. The number of carbonyl (C=O) groups is 1. The highest BCUT2D eigenvalue weighted by Crippen LogP contribution is 2.54. The number of carbonyl (C=O) groups excluding carboxylic acids is 1. The molecule has 14 heteroatoms. The monoisotopic (exact) mass is 680 g/mol. The van der Waals surface area contributed by atoms with Crippen LogP contribution < -0.4 is 10.4 Å². The fraction of sp³-hybridized carbons (Fsp3) is 0.235. The summed E-state index contributed by atoms with van der Waals surface area (Å²) < 4.78 is 106. The van der Waals surface area contributed by atoms with E-state index in [1.165, 1.54) is 51.2 Å². The Hall–Kier alpha value is -1.43. The van der Waals surface area contributed by atoms with Crippen LogP contribution in [-0.4, -0.2) is 30.5 Å². The normalized spacial score (nSPS) is 12.6. The zero-order valence-corrected chi connectivity index (χ0v) is 19.3. The summed E-state index contributed by atoms with van der Waals surface area (Å²) >= 11 is 2.65. The average molecular weight is 680 g/mol. The van der Waals surface area contributed by atoms with Gasteiger partial charge < -0.3 is 5.32 Å². The molecule has 0 saturated heterocycles. The smallest absolute Gasteiger partial charge is 0.320 e. The number of alkyl halides is 7. The number of rotatable bonds is 4. The summed E-state index contributed by atoms with van der Waals surface area (Å²) in [6.07, 6.45) is -12.6. The molecule has 0 aliphatic carbocycles. The molecule has 0 fully saturated rings. The number of benzene rings is 2. The predicted molar refractivity (Wildman–Crippen MR) is 111 cm³/mol. The van der Waals surface area contributed by atoms with Gasteiger partial charge >= 0.3 is 18.0 Å². The van der Waals surface area contributed by atoms with Crippen LogP contribution in [0.25, 0.3) is 0 Å². The lowest BCUT2D eigenvalue weighted by molar-refractivity contribution is -0.348. The summed E-state index contributed by atoms with van der Waals surface area (Å²) in [5, 5.41) is 12.0. The van der Waals surface area contributed by atoms with Gasteiger partial charge in [-0.05, 0) is 69.4 Å². The lowest BCUT2D eigenvalue weighted by Gasteiger charge is -2.31. The van der Waals surface area contributed by atoms with E-state index in [-0.39, 0.29) is 18.5 Å². The van der Waals surface area contributed by atoms with E-state index in [9.17, 15) is 45.1 Å². The van der Waals surface area contributed by atoms with Crippen LogP contribution in [-0.2, 0) is 5.67 Å². The summed E-state index contributed by atoms with van der Waals surface area (Å²) in [6, 6.07) is 4.04. The van der Waals surface area contributed by atoms with Gasteiger partial charge in [0.1, 0.15) is 0 Å². The topological polar surface area (TPSA) is 52.6 Å². The van der Waals surface area contributed by atoms with Crippen LogP contribution in [0.5, 0.6) is 0 Å². The van der Waals surface area contributed by atoms with Gasteiger partial charge in [0.05, 0.1) is 16.9 Å². The van der Waals surface area contributed by atoms with E-state index < -0.39 is 40.9 Å². The largest absolute Gasteiger partial charge is 0.435 e. The van der Waals surface area contributed by atoms with Crippen molar-refractivity contribution in [2.75, 3.05) is 17.4 Å². The maximum atomic E-state index is 14.4. The van der Waals surface area contributed by atoms with E-state index in [1.54, 1.807) is 0 Å². The number of halogens is 10. The number of amides is 1. The van der Waals surface area contributed by atoms with Gasteiger partial charge in [0, 0.05) is 19.8 Å². The van der Waals surface area contributed by atoms with Crippen molar-refractivity contribution >= 4 is 62.5 Å². The molecule has 1 amide bonds. The minimum absolute atomic E-state index is 0.246. The Morgan fingerprint density at radius 2 is 1.48 bits per heavy atom. The van der Waals surface area contributed by atoms with Crippen molar-refractivity contribution in [3.05, 3.63) is 54.4 Å². The first-order chi connectivity index (χ1) is 14.0. The first kappa shape index (κ1) is 25.8. The third-order valence-electron chi connectivity index (χ3n) is 4.03. The molecule has 0 bridgehead atoms. The summed E-state index contributed by atoms with van der Waals surface area (Å²) in [7, 11) is 1.09. The Labute approximate surface area is 196 Å². The van der Waals surface area contributed by atoms with E-state index in [0.29, 0.717) is 17.2 Å². The molecule has 2 rings (SSSR count). The van der Waals surface area contributed by atoms with Crippen LogP contribution in [0.1, 0.15) is 15.9 Å². The predicted octanol–water partition coefficient (Wildman–Crippen LogP) is 6.40. The minimum Gasteiger partial charge on any atom is -0.320 e. The zero-order chi connectivity index (χ0) is 23.9. The fourth-order valence-electron chi connectivity index (χ4n) is 2.51. The van der Waals surface area contributed by atoms with Crippen molar-refractivity contribution in [3.8, 4) is 0 Å². The van der Waals surface area contributed by atoms with Crippen LogP contribution in [0.15, 0.2) is 30.3 Å². The molecule has 2 aromatic rings. The van der Waals surface area contributed by atoms with Crippen molar-refractivity contribution in [2.24, 2.45) is 0 Å². The number of nitrogens with one attached hydrogen (secondary N) is 1. The summed E-state index contributed by atoms with van der Waals surface area (Å²) in [4.78, 5) is 12.4. The van der Waals surface area contributed by atoms with Crippen molar-refractivity contribution in [1.82, 2.24) is 0 Å². The van der Waals surface area contributed by atoms with Gasteiger partial charge in [-0.25, -0.2) is 8.78 Å². The number of hydroxylamine groups is 1. The van der Waals surface area contributed by atoms with Gasteiger partial charge in [-0.15, -0.1) is 0 Å². The van der Waals surface area contributed by atoms with Crippen LogP contribution in [0, 0.1) is 13.0 Å². The Kier molecular flexibility index (Phi) is 7.36. The van der Waals surface area contributed by atoms with E-state index >= 15 is 0 Å². The van der Waals surface area contributed by atoms with Crippen molar-refractivity contribution < 1.29 is 45.1 Å². The molecule has 0 radical (unpaired) electrons. The van der Waals surface area contributed by atoms with Gasteiger partial charge in [-0.3, -0.25) is 15.1 Å². The standard InChI is InChI=1S/C17H10F8I2N2O2/c1-29(31)11-4-2-3-8(12(11)18)14(30)28-13-9(26)5-7(6-10(13)27)15(19,16(20,21)22)17(23,24)25/h2-6,31H,1H3,(H,28,30). The number of nitrogens with zero attached hydrogens (tertiary/aromatic N) is 1. The molecule has 0 aliphatic rings. The molecule has 0 spiro atoms. The Bertz CT molecular complexity index is 972. The van der Waals surface area contributed by atoms with Gasteiger partial charge in [-0.1, -0.05) is 6.07 Å². The maximum absolute atomic E-state index is 14.4. The Morgan fingerprint density at radius 3 is 1.90 bits per heavy atom. The quantitative estimate of drug-likeness (QED) is 0.224. The van der Waals surface area contributed by atoms with Crippen LogP contribution >= 0.6 is 45.2 Å². The van der Waals surface area contributed by atoms with Gasteiger partial charge in [0.15, 0.2) is 5.82 Å². The molecule has 2 N–H and O–H groups in total. The number of anilines is 2. The third-order valence-corrected chi connectivity index (χ3v) is 5.73. The van der Waals surface area contributed by atoms with E-state index in [4.69, 9.17) is 0 Å². The summed E-state index contributed by atoms with van der Waals surface area (Å²) in [6.45, 7) is 0. The zero-order valence-electron chi connectivity index (χ0n) is 15.0. The molecule has 0 aliphatic heterocycles. The second-order valence-electron chi connectivity index (χ2n) is 6.09. The van der Waals surface area contributed by atoms with E-state index in [0.717, 1.165) is 19.2 Å². The summed E-state index contributed by atoms with van der Waals surface area (Å²) in [5.74, 6) is -2.22. The first-order valence-electron chi connectivity index (χ1n) is 7.86. The highest BCUT2D eigenvalue weighted by molar-refractivity contribution is 14.1. The molecule has 0 saturated carbocycles. The molecule has 2 aromatic carbocycles. The molecular formula is C17H10F8I2N2O2. The molecule has 0 heterocycles. The molecule has 170 valence electrons. The molecule has 31 heavy (non-hydrogen) atoms. The van der Waals surface area contributed by atoms with Gasteiger partial charge in [0.25, 0.3) is 5.91 Å². The number of hydrogen-bond acceptors (Lipinski definition) is 3. The molecule has 0 atom stereocenters. The Balaban J connectivity index is 2.51. The van der Waals surface area contributed by atoms with Crippen LogP contribution in [0.4, 0.5) is 46.5 Å². The van der Waals surface area contributed by atoms with Crippen LogP contribution in [0.3, 0.4) is 0 Å². The van der Waals surface area contributed by atoms with Crippen molar-refractivity contribution in [2.45, 2.75) is 18.0 Å². The van der Waals surface area contributed by atoms with Crippen molar-refractivity contribution in [1.29, 1.82) is 0 Å². The maximum Gasteiger partial charge on any atom is 0.435 e. The fourth-order valence-corrected chi connectivity index (χ4v) is 4.54. The van der Waals surface area contributed by atoms with Crippen molar-refractivity contribution in [3.63, 3.8) is 0 Å². The average Bonchev–Trinajstić information content (AvgIpc) is 2.61. The second-order valence-corrected chi connectivity index (χ2v) is 8.41. The molecule has 0 aromatic heterocycles. The highest BCUT2D eigenvalue weighted by atomic mass is 127. The van der Waals surface area contributed by atoms with E-state index in [1.807, 2.05) is 0 Å². The van der Waals surface area contributed by atoms with E-state index in [2.05, 4.69) is 5.32 Å². The van der Waals surface area contributed by atoms with Crippen LogP contribution in [0.2, 0.25) is 0 Å². The molecular weight excluding hydrogens is 670 g/mol. The highest BCUT2D eigenvalue weighted by Gasteiger charge is 2.73. The lowest BCUT2D eigenvalue weighted by atomic mass is 9.94. The minimum atomic E-state index is -6.29. The van der Waals surface area contributed by atoms with Gasteiger partial charge in [0.2, 0.25) is 0 Å².